The average Bonchev–Trinajstić information content (AvgIpc) is 2.64. The number of hydrogen-bond donors (Lipinski definition) is 0. The predicted molar refractivity (Wildman–Crippen MR) is 64.3 cm³/mol. The molecule has 0 radical (unpaired) electrons. The molecule has 0 spiro atoms. The van der Waals surface area contributed by atoms with E-state index in [0.717, 1.165) is 5.56 Å². The van der Waals surface area contributed by atoms with E-state index in [1.807, 2.05) is 19.2 Å². The molecule has 1 aromatic heterocycles. The van der Waals surface area contributed by atoms with Gasteiger partial charge in [0.2, 0.25) is 0 Å². The van der Waals surface area contributed by atoms with Crippen LogP contribution in [-0.4, -0.2) is 9.78 Å². The van der Waals surface area contributed by atoms with Gasteiger partial charge >= 0.3 is 0 Å². The number of aryl methyl sites for hydroxylation is 1. The van der Waals surface area contributed by atoms with Gasteiger partial charge < -0.3 is 4.74 Å². The monoisotopic (exact) mass is 256 g/mol. The number of ether oxygens (including phenoxy) is 1. The Balaban J connectivity index is 2.30. The van der Waals surface area contributed by atoms with Crippen LogP contribution in [0.4, 0.5) is 0 Å². The van der Waals surface area contributed by atoms with Crippen LogP contribution < -0.4 is 4.74 Å². The quantitative estimate of drug-likeness (QED) is 0.785. The Morgan fingerprint density at radius 1 is 1.44 bits per heavy atom. The molecule has 0 unspecified atom stereocenters. The van der Waals surface area contributed by atoms with Gasteiger partial charge in [0.15, 0.2) is 5.75 Å². The van der Waals surface area contributed by atoms with Crippen LogP contribution in [0.25, 0.3) is 0 Å². The first-order valence-corrected chi connectivity index (χ1v) is 5.62. The average molecular weight is 257 g/mol. The van der Waals surface area contributed by atoms with E-state index >= 15 is 0 Å². The molecule has 0 bridgehead atoms. The molecule has 0 atom stereocenters. The molecule has 1 aromatic carbocycles. The lowest BCUT2D eigenvalue weighted by molar-refractivity contribution is 0.478. The van der Waals surface area contributed by atoms with E-state index in [0.29, 0.717) is 22.4 Å². The van der Waals surface area contributed by atoms with Crippen LogP contribution in [0.1, 0.15) is 5.56 Å². The Morgan fingerprint density at radius 3 is 2.88 bits per heavy atom. The Morgan fingerprint density at radius 2 is 2.25 bits per heavy atom. The molecule has 0 fully saturated rings. The van der Waals surface area contributed by atoms with Crippen LogP contribution >= 0.6 is 23.2 Å². The van der Waals surface area contributed by atoms with Gasteiger partial charge in [-0.2, -0.15) is 5.10 Å². The maximum Gasteiger partial charge on any atom is 0.165 e. The molecule has 0 amide bonds. The highest BCUT2D eigenvalue weighted by Gasteiger charge is 2.08. The van der Waals surface area contributed by atoms with Gasteiger partial charge in [0, 0.05) is 17.6 Å². The van der Waals surface area contributed by atoms with Crippen LogP contribution in [0.2, 0.25) is 5.02 Å². The second-order valence-electron chi connectivity index (χ2n) is 3.30. The first-order chi connectivity index (χ1) is 7.70. The van der Waals surface area contributed by atoms with Crippen molar-refractivity contribution in [3.05, 3.63) is 41.2 Å². The van der Waals surface area contributed by atoms with Gasteiger partial charge in [-0.1, -0.05) is 17.7 Å². The van der Waals surface area contributed by atoms with E-state index in [2.05, 4.69) is 5.10 Å². The maximum atomic E-state index is 6.02. The van der Waals surface area contributed by atoms with Gasteiger partial charge in [0.1, 0.15) is 5.75 Å². The summed E-state index contributed by atoms with van der Waals surface area (Å²) in [6, 6.07) is 5.44. The first-order valence-electron chi connectivity index (χ1n) is 4.70. The molecule has 0 aliphatic carbocycles. The SMILES string of the molecule is Cn1cc(Oc2cccc(Cl)c2CCl)cn1. The van der Waals surface area contributed by atoms with Crippen LogP contribution in [0, 0.1) is 0 Å². The number of aromatic nitrogens is 2. The summed E-state index contributed by atoms with van der Waals surface area (Å²) in [6.07, 6.45) is 3.41. The van der Waals surface area contributed by atoms with Crippen molar-refractivity contribution in [2.75, 3.05) is 0 Å². The highest BCUT2D eigenvalue weighted by atomic mass is 35.5. The minimum atomic E-state index is 0.315. The predicted octanol–water partition coefficient (Wildman–Crippen LogP) is 3.60. The van der Waals surface area contributed by atoms with E-state index in [9.17, 15) is 0 Å². The summed E-state index contributed by atoms with van der Waals surface area (Å²) < 4.78 is 7.32. The summed E-state index contributed by atoms with van der Waals surface area (Å²) in [5.41, 5.74) is 0.787. The van der Waals surface area contributed by atoms with Crippen molar-refractivity contribution in [2.24, 2.45) is 7.05 Å². The second-order valence-corrected chi connectivity index (χ2v) is 3.98. The van der Waals surface area contributed by atoms with Gasteiger partial charge in [-0.05, 0) is 12.1 Å². The third kappa shape index (κ3) is 2.31. The minimum Gasteiger partial charge on any atom is -0.454 e. The molecule has 2 aromatic rings. The van der Waals surface area contributed by atoms with Crippen molar-refractivity contribution >= 4 is 23.2 Å². The summed E-state index contributed by atoms with van der Waals surface area (Å²) in [7, 11) is 1.83. The summed E-state index contributed by atoms with van der Waals surface area (Å²) in [5.74, 6) is 1.64. The Bertz CT molecular complexity index is 496. The summed E-state index contributed by atoms with van der Waals surface area (Å²) >= 11 is 11.8. The molecule has 5 heteroatoms. The lowest BCUT2D eigenvalue weighted by atomic mass is 10.2. The van der Waals surface area contributed by atoms with E-state index in [1.165, 1.54) is 0 Å². The zero-order valence-corrected chi connectivity index (χ0v) is 10.2. The largest absolute Gasteiger partial charge is 0.454 e. The molecule has 2 rings (SSSR count). The third-order valence-corrected chi connectivity index (χ3v) is 2.74. The van der Waals surface area contributed by atoms with Gasteiger partial charge in [0.05, 0.1) is 18.3 Å². The Hall–Kier alpha value is -1.19. The molecule has 0 N–H and O–H groups in total. The fraction of sp³-hybridized carbons (Fsp3) is 0.182. The van der Waals surface area contributed by atoms with Crippen LogP contribution in [-0.2, 0) is 12.9 Å². The number of rotatable bonds is 3. The standard InChI is InChI=1S/C11H10Cl2N2O/c1-15-7-8(6-14-15)16-11-4-2-3-10(13)9(11)5-12/h2-4,6-7H,5H2,1H3. The third-order valence-electron chi connectivity index (χ3n) is 2.12. The number of alkyl halides is 1. The van der Waals surface area contributed by atoms with Crippen molar-refractivity contribution < 1.29 is 4.74 Å². The zero-order chi connectivity index (χ0) is 11.5. The van der Waals surface area contributed by atoms with Crippen LogP contribution in [0.3, 0.4) is 0 Å². The molecule has 0 aliphatic rings. The summed E-state index contributed by atoms with van der Waals surface area (Å²) in [5, 5.41) is 4.62. The smallest absolute Gasteiger partial charge is 0.165 e. The van der Waals surface area contributed by atoms with Gasteiger partial charge in [-0.3, -0.25) is 4.68 Å². The van der Waals surface area contributed by atoms with Crippen LogP contribution in [0.5, 0.6) is 11.5 Å². The molecule has 84 valence electrons. The van der Waals surface area contributed by atoms with E-state index in [4.69, 9.17) is 27.9 Å². The second kappa shape index (κ2) is 4.76. The molecule has 0 aliphatic heterocycles. The first kappa shape index (κ1) is 11.3. The van der Waals surface area contributed by atoms with Crippen molar-refractivity contribution in [3.63, 3.8) is 0 Å². The van der Waals surface area contributed by atoms with Gasteiger partial charge in [-0.25, -0.2) is 0 Å². The molecular weight excluding hydrogens is 247 g/mol. The molecule has 1 heterocycles. The molecular formula is C11H10Cl2N2O. The number of halogens is 2. The van der Waals surface area contributed by atoms with E-state index in [-0.39, 0.29) is 0 Å². The van der Waals surface area contributed by atoms with E-state index < -0.39 is 0 Å². The molecule has 0 saturated heterocycles. The molecule has 3 nitrogen and oxygen atoms in total. The van der Waals surface area contributed by atoms with Crippen molar-refractivity contribution in [1.82, 2.24) is 9.78 Å². The topological polar surface area (TPSA) is 27.1 Å². The van der Waals surface area contributed by atoms with Crippen molar-refractivity contribution in [1.29, 1.82) is 0 Å². The Labute approximate surface area is 104 Å². The number of nitrogens with zero attached hydrogens (tertiary/aromatic N) is 2. The van der Waals surface area contributed by atoms with Gasteiger partial charge in [-0.15, -0.1) is 11.6 Å². The van der Waals surface area contributed by atoms with Crippen molar-refractivity contribution in [2.45, 2.75) is 5.88 Å². The lowest BCUT2D eigenvalue weighted by Crippen LogP contribution is -1.89. The number of hydrogen-bond acceptors (Lipinski definition) is 2. The highest BCUT2D eigenvalue weighted by molar-refractivity contribution is 6.32. The summed E-state index contributed by atoms with van der Waals surface area (Å²) in [6.45, 7) is 0. The lowest BCUT2D eigenvalue weighted by Gasteiger charge is -2.08. The zero-order valence-electron chi connectivity index (χ0n) is 8.65. The normalized spacial score (nSPS) is 10.4. The maximum absolute atomic E-state index is 6.02. The minimum absolute atomic E-state index is 0.315. The van der Waals surface area contributed by atoms with E-state index in [1.54, 1.807) is 23.1 Å². The highest BCUT2D eigenvalue weighted by Crippen LogP contribution is 2.31. The fourth-order valence-electron chi connectivity index (χ4n) is 1.34. The van der Waals surface area contributed by atoms with Gasteiger partial charge in [0.25, 0.3) is 0 Å². The number of benzene rings is 1. The van der Waals surface area contributed by atoms with Crippen LogP contribution in [0.15, 0.2) is 30.6 Å². The molecule has 0 saturated carbocycles. The Kier molecular flexibility index (Phi) is 3.36. The fourth-order valence-corrected chi connectivity index (χ4v) is 1.92. The summed E-state index contributed by atoms with van der Waals surface area (Å²) in [4.78, 5) is 0. The molecule has 16 heavy (non-hydrogen) atoms. The van der Waals surface area contributed by atoms with Crippen molar-refractivity contribution in [3.8, 4) is 11.5 Å².